The minimum Gasteiger partial charge on any atom is -0.395 e. The van der Waals surface area contributed by atoms with Gasteiger partial charge in [-0.25, -0.2) is 4.79 Å². The number of hydrogen-bond acceptors (Lipinski definition) is 4. The molecule has 0 radical (unpaired) electrons. The Balaban J connectivity index is 1.93. The molecular formula is C14H23N3O2S. The third-order valence-corrected chi connectivity index (χ3v) is 4.66. The Hall–Kier alpha value is -1.11. The maximum atomic E-state index is 11.9. The molecule has 1 unspecified atom stereocenters. The van der Waals surface area contributed by atoms with Crippen molar-refractivity contribution in [2.75, 3.05) is 39.8 Å². The normalized spacial score (nSPS) is 17.1. The van der Waals surface area contributed by atoms with Crippen LogP contribution in [0.2, 0.25) is 0 Å². The van der Waals surface area contributed by atoms with Gasteiger partial charge in [-0.1, -0.05) is 6.07 Å². The SMILES string of the molecule is CN(CCO)C(=O)NCC(c1cccs1)N1CCCC1. The zero-order valence-corrected chi connectivity index (χ0v) is 12.7. The molecule has 5 nitrogen and oxygen atoms in total. The summed E-state index contributed by atoms with van der Waals surface area (Å²) < 4.78 is 0. The molecule has 0 bridgehead atoms. The van der Waals surface area contributed by atoms with Gasteiger partial charge >= 0.3 is 6.03 Å². The molecule has 2 amide bonds. The number of aliphatic hydroxyl groups is 1. The van der Waals surface area contributed by atoms with E-state index in [9.17, 15) is 4.79 Å². The minimum absolute atomic E-state index is 0.00953. The lowest BCUT2D eigenvalue weighted by atomic mass is 10.2. The zero-order chi connectivity index (χ0) is 14.4. The van der Waals surface area contributed by atoms with Crippen molar-refractivity contribution in [2.45, 2.75) is 18.9 Å². The lowest BCUT2D eigenvalue weighted by molar-refractivity contribution is 0.183. The first kappa shape index (κ1) is 15.3. The van der Waals surface area contributed by atoms with Crippen molar-refractivity contribution in [1.29, 1.82) is 0 Å². The van der Waals surface area contributed by atoms with E-state index in [4.69, 9.17) is 5.11 Å². The number of nitrogens with zero attached hydrogens (tertiary/aromatic N) is 2. The third kappa shape index (κ3) is 3.94. The van der Waals surface area contributed by atoms with Gasteiger partial charge in [0.1, 0.15) is 0 Å². The molecule has 2 rings (SSSR count). The number of carbonyl (C=O) groups excluding carboxylic acids is 1. The summed E-state index contributed by atoms with van der Waals surface area (Å²) >= 11 is 1.74. The van der Waals surface area contributed by atoms with Gasteiger partial charge in [-0.15, -0.1) is 11.3 Å². The number of rotatable bonds is 6. The second-order valence-electron chi connectivity index (χ2n) is 5.11. The average molecular weight is 297 g/mol. The molecule has 1 aromatic heterocycles. The van der Waals surface area contributed by atoms with E-state index in [1.165, 1.54) is 22.6 Å². The van der Waals surface area contributed by atoms with E-state index >= 15 is 0 Å². The zero-order valence-electron chi connectivity index (χ0n) is 11.9. The number of carbonyl (C=O) groups is 1. The summed E-state index contributed by atoms with van der Waals surface area (Å²) in [5.74, 6) is 0. The van der Waals surface area contributed by atoms with Crippen LogP contribution in [0.5, 0.6) is 0 Å². The lowest BCUT2D eigenvalue weighted by Gasteiger charge is -2.28. The van der Waals surface area contributed by atoms with Crippen LogP contribution in [0, 0.1) is 0 Å². The predicted octanol–water partition coefficient (Wildman–Crippen LogP) is 1.52. The molecular weight excluding hydrogens is 274 g/mol. The summed E-state index contributed by atoms with van der Waals surface area (Å²) in [6.07, 6.45) is 2.47. The number of amides is 2. The fourth-order valence-electron chi connectivity index (χ4n) is 2.51. The molecule has 1 aliphatic heterocycles. The largest absolute Gasteiger partial charge is 0.395 e. The van der Waals surface area contributed by atoms with Gasteiger partial charge in [-0.2, -0.15) is 0 Å². The van der Waals surface area contributed by atoms with Gasteiger partial charge < -0.3 is 15.3 Å². The lowest BCUT2D eigenvalue weighted by Crippen LogP contribution is -2.43. The predicted molar refractivity (Wildman–Crippen MR) is 81.0 cm³/mol. The molecule has 1 fully saturated rings. The van der Waals surface area contributed by atoms with Crippen molar-refractivity contribution < 1.29 is 9.90 Å². The first-order valence-electron chi connectivity index (χ1n) is 7.09. The molecule has 1 atom stereocenters. The van der Waals surface area contributed by atoms with Crippen LogP contribution < -0.4 is 5.32 Å². The van der Waals surface area contributed by atoms with Gasteiger partial charge in [0, 0.05) is 25.0 Å². The first-order valence-corrected chi connectivity index (χ1v) is 7.97. The van der Waals surface area contributed by atoms with Gasteiger partial charge in [-0.05, 0) is 37.4 Å². The van der Waals surface area contributed by atoms with Gasteiger partial charge in [-0.3, -0.25) is 4.90 Å². The van der Waals surface area contributed by atoms with Gasteiger partial charge in [0.25, 0.3) is 0 Å². The van der Waals surface area contributed by atoms with Crippen molar-refractivity contribution >= 4 is 17.4 Å². The summed E-state index contributed by atoms with van der Waals surface area (Å²) in [5.41, 5.74) is 0. The van der Waals surface area contributed by atoms with E-state index in [0.717, 1.165) is 13.1 Å². The molecule has 0 spiro atoms. The molecule has 0 aromatic carbocycles. The summed E-state index contributed by atoms with van der Waals surface area (Å²) in [4.78, 5) is 17.2. The highest BCUT2D eigenvalue weighted by Gasteiger charge is 2.24. The number of hydrogen-bond donors (Lipinski definition) is 2. The first-order chi connectivity index (χ1) is 9.72. The molecule has 1 saturated heterocycles. The Morgan fingerprint density at radius 1 is 1.55 bits per heavy atom. The summed E-state index contributed by atoms with van der Waals surface area (Å²) in [7, 11) is 1.70. The maximum absolute atomic E-state index is 11.9. The Morgan fingerprint density at radius 2 is 2.30 bits per heavy atom. The average Bonchev–Trinajstić information content (AvgIpc) is 3.12. The highest BCUT2D eigenvalue weighted by Crippen LogP contribution is 2.27. The van der Waals surface area contributed by atoms with E-state index in [1.807, 2.05) is 0 Å². The van der Waals surface area contributed by atoms with Crippen LogP contribution >= 0.6 is 11.3 Å². The third-order valence-electron chi connectivity index (χ3n) is 3.68. The summed E-state index contributed by atoms with van der Waals surface area (Å²) in [6.45, 7) is 3.18. The molecule has 1 aromatic rings. The van der Waals surface area contributed by atoms with Crippen LogP contribution in [0.3, 0.4) is 0 Å². The number of likely N-dealkylation sites (tertiary alicyclic amines) is 1. The van der Waals surface area contributed by atoms with E-state index in [1.54, 1.807) is 18.4 Å². The number of thiophene rings is 1. The monoisotopic (exact) mass is 297 g/mol. The van der Waals surface area contributed by atoms with E-state index in [-0.39, 0.29) is 18.7 Å². The molecule has 2 heterocycles. The van der Waals surface area contributed by atoms with Gasteiger partial charge in [0.05, 0.1) is 12.6 Å². The topological polar surface area (TPSA) is 55.8 Å². The van der Waals surface area contributed by atoms with Gasteiger partial charge in [0.2, 0.25) is 0 Å². The maximum Gasteiger partial charge on any atom is 0.317 e. The van der Waals surface area contributed by atoms with E-state index in [0.29, 0.717) is 13.1 Å². The van der Waals surface area contributed by atoms with Crippen molar-refractivity contribution in [1.82, 2.24) is 15.1 Å². The second-order valence-corrected chi connectivity index (χ2v) is 6.08. The standard InChI is InChI=1S/C14H23N3O2S/c1-16(8-9-18)14(19)15-11-12(13-5-4-10-20-13)17-6-2-3-7-17/h4-5,10,12,18H,2-3,6-9,11H2,1H3,(H,15,19). The molecule has 0 aliphatic carbocycles. The number of nitrogens with one attached hydrogen (secondary N) is 1. The highest BCUT2D eigenvalue weighted by atomic mass is 32.1. The van der Waals surface area contributed by atoms with Crippen LogP contribution in [0.15, 0.2) is 17.5 Å². The van der Waals surface area contributed by atoms with Crippen LogP contribution in [-0.2, 0) is 0 Å². The number of likely N-dealkylation sites (N-methyl/N-ethyl adjacent to an activating group) is 1. The highest BCUT2D eigenvalue weighted by molar-refractivity contribution is 7.10. The molecule has 2 N–H and O–H groups in total. The van der Waals surface area contributed by atoms with Crippen LogP contribution in [0.1, 0.15) is 23.8 Å². The fourth-order valence-corrected chi connectivity index (χ4v) is 3.38. The minimum atomic E-state index is -0.125. The van der Waals surface area contributed by atoms with Crippen LogP contribution in [0.25, 0.3) is 0 Å². The van der Waals surface area contributed by atoms with Crippen molar-refractivity contribution in [2.24, 2.45) is 0 Å². The van der Waals surface area contributed by atoms with Gasteiger partial charge in [0.15, 0.2) is 0 Å². The number of aliphatic hydroxyl groups excluding tert-OH is 1. The molecule has 112 valence electrons. The summed E-state index contributed by atoms with van der Waals surface area (Å²) in [5, 5.41) is 13.9. The summed E-state index contributed by atoms with van der Waals surface area (Å²) in [6, 6.07) is 4.34. The molecule has 1 aliphatic rings. The van der Waals surface area contributed by atoms with Crippen LogP contribution in [0.4, 0.5) is 4.79 Å². The second kappa shape index (κ2) is 7.61. The Labute approximate surface area is 124 Å². The van der Waals surface area contributed by atoms with Crippen molar-refractivity contribution in [3.05, 3.63) is 22.4 Å². The molecule has 20 heavy (non-hydrogen) atoms. The Kier molecular flexibility index (Phi) is 5.82. The van der Waals surface area contributed by atoms with E-state index in [2.05, 4.69) is 27.7 Å². The quantitative estimate of drug-likeness (QED) is 0.837. The van der Waals surface area contributed by atoms with E-state index < -0.39 is 0 Å². The number of urea groups is 1. The fraction of sp³-hybridized carbons (Fsp3) is 0.643. The van der Waals surface area contributed by atoms with Crippen molar-refractivity contribution in [3.8, 4) is 0 Å². The Bertz CT molecular complexity index is 405. The Morgan fingerprint density at radius 3 is 2.90 bits per heavy atom. The smallest absolute Gasteiger partial charge is 0.317 e. The molecule has 0 saturated carbocycles. The van der Waals surface area contributed by atoms with Crippen LogP contribution in [-0.4, -0.2) is 60.8 Å². The van der Waals surface area contributed by atoms with Crippen molar-refractivity contribution in [3.63, 3.8) is 0 Å². The molecule has 6 heteroatoms.